The van der Waals surface area contributed by atoms with Crippen LogP contribution in [0.3, 0.4) is 0 Å². The van der Waals surface area contributed by atoms with E-state index in [1.165, 1.54) is 0 Å². The molecule has 2 N–H and O–H groups in total. The third-order valence-electron chi connectivity index (χ3n) is 2.15. The molecule has 1 atom stereocenters. The SMILES string of the molecule is O=C(CCl)NC(CO)C(=O)OCc1ccccc1. The number of carbonyl (C=O) groups excluding carboxylic acids is 2. The molecule has 0 aliphatic rings. The largest absolute Gasteiger partial charge is 0.459 e. The zero-order valence-corrected chi connectivity index (χ0v) is 10.4. The zero-order chi connectivity index (χ0) is 13.4. The van der Waals surface area contributed by atoms with Crippen LogP contribution < -0.4 is 5.32 Å². The molecule has 1 rings (SSSR count). The summed E-state index contributed by atoms with van der Waals surface area (Å²) >= 11 is 5.28. The van der Waals surface area contributed by atoms with Gasteiger partial charge in [0.1, 0.15) is 12.5 Å². The molecule has 0 radical (unpaired) electrons. The second-order valence-electron chi connectivity index (χ2n) is 3.53. The van der Waals surface area contributed by atoms with E-state index in [2.05, 4.69) is 5.32 Å². The number of halogens is 1. The number of hydrogen-bond acceptors (Lipinski definition) is 4. The molecule has 6 heteroatoms. The Hall–Kier alpha value is -1.59. The van der Waals surface area contributed by atoms with Crippen molar-refractivity contribution < 1.29 is 19.4 Å². The molecule has 0 aromatic heterocycles. The van der Waals surface area contributed by atoms with Crippen molar-refractivity contribution in [1.29, 1.82) is 0 Å². The summed E-state index contributed by atoms with van der Waals surface area (Å²) in [6.45, 7) is -0.441. The van der Waals surface area contributed by atoms with Gasteiger partial charge in [0.2, 0.25) is 5.91 Å². The van der Waals surface area contributed by atoms with Gasteiger partial charge in [0.25, 0.3) is 0 Å². The van der Waals surface area contributed by atoms with Crippen LogP contribution in [0.4, 0.5) is 0 Å². The van der Waals surface area contributed by atoms with Gasteiger partial charge in [-0.05, 0) is 5.56 Å². The number of benzene rings is 1. The molecule has 5 nitrogen and oxygen atoms in total. The highest BCUT2D eigenvalue weighted by atomic mass is 35.5. The van der Waals surface area contributed by atoms with E-state index < -0.39 is 24.5 Å². The van der Waals surface area contributed by atoms with Crippen molar-refractivity contribution in [2.75, 3.05) is 12.5 Å². The van der Waals surface area contributed by atoms with Gasteiger partial charge in [-0.25, -0.2) is 4.79 Å². The van der Waals surface area contributed by atoms with E-state index in [1.807, 2.05) is 18.2 Å². The monoisotopic (exact) mass is 271 g/mol. The molecule has 0 aliphatic heterocycles. The van der Waals surface area contributed by atoms with Gasteiger partial charge in [-0.1, -0.05) is 30.3 Å². The van der Waals surface area contributed by atoms with Crippen LogP contribution in [0.25, 0.3) is 0 Å². The average Bonchev–Trinajstić information content (AvgIpc) is 2.42. The lowest BCUT2D eigenvalue weighted by atomic mass is 10.2. The molecular weight excluding hydrogens is 258 g/mol. The van der Waals surface area contributed by atoms with E-state index in [9.17, 15) is 9.59 Å². The van der Waals surface area contributed by atoms with Gasteiger partial charge in [-0.2, -0.15) is 0 Å². The summed E-state index contributed by atoms with van der Waals surface area (Å²) in [6.07, 6.45) is 0. The van der Waals surface area contributed by atoms with E-state index in [-0.39, 0.29) is 12.5 Å². The lowest BCUT2D eigenvalue weighted by Crippen LogP contribution is -2.44. The van der Waals surface area contributed by atoms with Gasteiger partial charge < -0.3 is 15.2 Å². The van der Waals surface area contributed by atoms with Crippen molar-refractivity contribution in [3.63, 3.8) is 0 Å². The van der Waals surface area contributed by atoms with Crippen LogP contribution >= 0.6 is 11.6 Å². The first-order chi connectivity index (χ1) is 8.67. The highest BCUT2D eigenvalue weighted by molar-refractivity contribution is 6.27. The molecule has 1 unspecified atom stereocenters. The Labute approximate surface area is 110 Å². The summed E-state index contributed by atoms with van der Waals surface area (Å²) in [4.78, 5) is 22.6. The number of hydrogen-bond donors (Lipinski definition) is 2. The molecule has 18 heavy (non-hydrogen) atoms. The maximum Gasteiger partial charge on any atom is 0.331 e. The second kappa shape index (κ2) is 7.68. The predicted molar refractivity (Wildman–Crippen MR) is 66.0 cm³/mol. The van der Waals surface area contributed by atoms with Crippen LogP contribution in [0.5, 0.6) is 0 Å². The Morgan fingerprint density at radius 2 is 2.00 bits per heavy atom. The Morgan fingerprint density at radius 3 is 2.56 bits per heavy atom. The van der Waals surface area contributed by atoms with Gasteiger partial charge in [0, 0.05) is 0 Å². The van der Waals surface area contributed by atoms with E-state index >= 15 is 0 Å². The average molecular weight is 272 g/mol. The summed E-state index contributed by atoms with van der Waals surface area (Å²) < 4.78 is 4.97. The quantitative estimate of drug-likeness (QED) is 0.582. The molecule has 0 saturated heterocycles. The van der Waals surface area contributed by atoms with E-state index in [0.717, 1.165) is 5.56 Å². The van der Waals surface area contributed by atoms with Gasteiger partial charge in [-0.15, -0.1) is 11.6 Å². The Bertz CT molecular complexity index is 396. The fourth-order valence-electron chi connectivity index (χ4n) is 1.24. The summed E-state index contributed by atoms with van der Waals surface area (Å²) in [7, 11) is 0. The maximum atomic E-state index is 11.6. The highest BCUT2D eigenvalue weighted by Crippen LogP contribution is 2.02. The topological polar surface area (TPSA) is 75.6 Å². The summed E-state index contributed by atoms with van der Waals surface area (Å²) in [5.74, 6) is -1.50. The van der Waals surface area contributed by atoms with Gasteiger partial charge in [0.05, 0.1) is 6.61 Å². The van der Waals surface area contributed by atoms with Crippen molar-refractivity contribution in [2.45, 2.75) is 12.6 Å². The minimum absolute atomic E-state index is 0.0902. The molecule has 0 heterocycles. The van der Waals surface area contributed by atoms with E-state index in [0.29, 0.717) is 0 Å². The summed E-state index contributed by atoms with van der Waals surface area (Å²) in [5.41, 5.74) is 0.825. The van der Waals surface area contributed by atoms with Gasteiger partial charge in [0.15, 0.2) is 6.04 Å². The standard InChI is InChI=1S/C12H14ClNO4/c13-6-11(16)14-10(7-15)12(17)18-8-9-4-2-1-3-5-9/h1-5,10,15H,6-8H2,(H,14,16). The molecule has 98 valence electrons. The molecule has 1 aromatic rings. The number of carbonyl (C=O) groups is 2. The van der Waals surface area contributed by atoms with Crippen molar-refractivity contribution in [3.05, 3.63) is 35.9 Å². The maximum absolute atomic E-state index is 11.6. The third kappa shape index (κ3) is 4.73. The molecule has 0 aliphatic carbocycles. The Balaban J connectivity index is 2.45. The lowest BCUT2D eigenvalue weighted by Gasteiger charge is -2.14. The van der Waals surface area contributed by atoms with E-state index in [1.54, 1.807) is 12.1 Å². The van der Waals surface area contributed by atoms with Crippen LogP contribution in [-0.2, 0) is 20.9 Å². The summed E-state index contributed by atoms with van der Waals surface area (Å²) in [6, 6.07) is 8.02. The number of aliphatic hydroxyl groups excluding tert-OH is 1. The predicted octanol–water partition coefficient (Wildman–Crippen LogP) is 0.446. The van der Waals surface area contributed by atoms with Crippen molar-refractivity contribution >= 4 is 23.5 Å². The molecule has 0 fully saturated rings. The number of aliphatic hydroxyl groups is 1. The minimum Gasteiger partial charge on any atom is -0.459 e. The lowest BCUT2D eigenvalue weighted by molar-refractivity contribution is -0.150. The normalized spacial score (nSPS) is 11.7. The third-order valence-corrected chi connectivity index (χ3v) is 2.39. The van der Waals surface area contributed by atoms with Crippen molar-refractivity contribution in [2.24, 2.45) is 0 Å². The number of rotatable bonds is 6. The van der Waals surface area contributed by atoms with Crippen LogP contribution in [-0.4, -0.2) is 35.5 Å². The van der Waals surface area contributed by atoms with Crippen LogP contribution in [0.1, 0.15) is 5.56 Å². The molecule has 0 spiro atoms. The van der Waals surface area contributed by atoms with E-state index in [4.69, 9.17) is 21.4 Å². The zero-order valence-electron chi connectivity index (χ0n) is 9.64. The van der Waals surface area contributed by atoms with Crippen LogP contribution in [0.15, 0.2) is 30.3 Å². The summed E-state index contributed by atoms with van der Waals surface area (Å²) in [5, 5.41) is 11.2. The fourth-order valence-corrected chi connectivity index (χ4v) is 1.32. The second-order valence-corrected chi connectivity index (χ2v) is 3.80. The molecule has 0 bridgehead atoms. The smallest absolute Gasteiger partial charge is 0.331 e. The Kier molecular flexibility index (Phi) is 6.18. The first kappa shape index (κ1) is 14.5. The number of esters is 1. The Morgan fingerprint density at radius 1 is 1.33 bits per heavy atom. The van der Waals surface area contributed by atoms with Crippen molar-refractivity contribution in [3.8, 4) is 0 Å². The minimum atomic E-state index is -1.08. The molecule has 0 saturated carbocycles. The number of ether oxygens (including phenoxy) is 1. The molecular formula is C12H14ClNO4. The van der Waals surface area contributed by atoms with Gasteiger partial charge >= 0.3 is 5.97 Å². The van der Waals surface area contributed by atoms with Crippen LogP contribution in [0.2, 0.25) is 0 Å². The number of nitrogens with one attached hydrogen (secondary N) is 1. The van der Waals surface area contributed by atoms with Gasteiger partial charge in [-0.3, -0.25) is 4.79 Å². The first-order valence-electron chi connectivity index (χ1n) is 5.34. The van der Waals surface area contributed by atoms with Crippen molar-refractivity contribution in [1.82, 2.24) is 5.32 Å². The first-order valence-corrected chi connectivity index (χ1v) is 5.87. The highest BCUT2D eigenvalue weighted by Gasteiger charge is 2.20. The van der Waals surface area contributed by atoms with Crippen LogP contribution in [0, 0.1) is 0 Å². The number of alkyl halides is 1. The number of amides is 1. The molecule has 1 amide bonds. The molecule has 1 aromatic carbocycles. The fraction of sp³-hybridized carbons (Fsp3) is 0.333.